The van der Waals surface area contributed by atoms with Gasteiger partial charge in [0, 0.05) is 12.5 Å². The summed E-state index contributed by atoms with van der Waals surface area (Å²) < 4.78 is 13.7. The number of fused-ring (bicyclic) bond motifs is 1. The molecule has 2 aromatic rings. The first-order valence-corrected chi connectivity index (χ1v) is 7.46. The summed E-state index contributed by atoms with van der Waals surface area (Å²) in [5.41, 5.74) is 0.558. The van der Waals surface area contributed by atoms with E-state index < -0.39 is 18.3 Å². The monoisotopic (exact) mass is 300 g/mol. The molecule has 0 aliphatic carbocycles. The van der Waals surface area contributed by atoms with Crippen molar-refractivity contribution in [2.45, 2.75) is 45.8 Å². The maximum Gasteiger partial charge on any atom is 0.497 e. The van der Waals surface area contributed by atoms with Crippen molar-refractivity contribution in [3.63, 3.8) is 0 Å². The largest absolute Gasteiger partial charge is 0.497 e. The summed E-state index contributed by atoms with van der Waals surface area (Å²) in [5, 5.41) is 0.584. The molecule has 1 fully saturated rings. The van der Waals surface area contributed by atoms with Crippen LogP contribution in [0.5, 0.6) is 0 Å². The quantitative estimate of drug-likeness (QED) is 0.750. The zero-order valence-electron chi connectivity index (χ0n) is 13.9. The number of aromatic nitrogens is 2. The van der Waals surface area contributed by atoms with Crippen molar-refractivity contribution < 1.29 is 9.31 Å². The number of hydrogen-bond donors (Lipinski definition) is 0. The minimum Gasteiger partial charge on any atom is -0.399 e. The molecule has 0 bridgehead atoms. The molecule has 1 aliphatic rings. The highest BCUT2D eigenvalue weighted by Gasteiger charge is 2.52. The Balaban J connectivity index is 2.20. The molecule has 22 heavy (non-hydrogen) atoms. The maximum absolute atomic E-state index is 12.4. The molecular weight excluding hydrogens is 279 g/mol. The summed E-state index contributed by atoms with van der Waals surface area (Å²) in [7, 11) is 1.21. The highest BCUT2D eigenvalue weighted by molar-refractivity contribution is 6.64. The summed E-state index contributed by atoms with van der Waals surface area (Å²) >= 11 is 0. The number of nitrogens with zero attached hydrogens (tertiary/aromatic N) is 2. The van der Waals surface area contributed by atoms with Gasteiger partial charge in [0.1, 0.15) is 5.82 Å². The third kappa shape index (κ3) is 2.09. The van der Waals surface area contributed by atoms with Gasteiger partial charge in [-0.3, -0.25) is 9.36 Å². The molecule has 0 unspecified atom stereocenters. The van der Waals surface area contributed by atoms with Crippen LogP contribution in [0.25, 0.3) is 10.9 Å². The lowest BCUT2D eigenvalue weighted by atomic mass is 9.77. The van der Waals surface area contributed by atoms with Crippen molar-refractivity contribution in [3.8, 4) is 0 Å². The van der Waals surface area contributed by atoms with E-state index in [4.69, 9.17) is 9.31 Å². The Bertz CT molecular complexity index is 795. The van der Waals surface area contributed by atoms with E-state index >= 15 is 0 Å². The minimum atomic E-state index is -0.521. The molecule has 2 heterocycles. The normalized spacial score (nSPS) is 19.8. The van der Waals surface area contributed by atoms with Crippen molar-refractivity contribution in [2.24, 2.45) is 7.05 Å². The number of para-hydroxylation sites is 1. The molecule has 5 nitrogen and oxygen atoms in total. The summed E-state index contributed by atoms with van der Waals surface area (Å²) in [5.74, 6) is 0.668. The summed E-state index contributed by atoms with van der Waals surface area (Å²) in [6.07, 6.45) is 0. The second-order valence-electron chi connectivity index (χ2n) is 6.85. The van der Waals surface area contributed by atoms with Gasteiger partial charge >= 0.3 is 7.12 Å². The van der Waals surface area contributed by atoms with Crippen molar-refractivity contribution in [1.82, 2.24) is 9.55 Å². The van der Waals surface area contributed by atoms with E-state index in [1.807, 2.05) is 46.8 Å². The van der Waals surface area contributed by atoms with Crippen molar-refractivity contribution in [1.29, 1.82) is 0 Å². The van der Waals surface area contributed by atoms with Gasteiger partial charge < -0.3 is 9.31 Å². The molecule has 0 saturated carbocycles. The zero-order valence-corrected chi connectivity index (χ0v) is 13.9. The van der Waals surface area contributed by atoms with Crippen molar-refractivity contribution in [3.05, 3.63) is 34.4 Å². The van der Waals surface area contributed by atoms with E-state index in [2.05, 4.69) is 4.98 Å². The van der Waals surface area contributed by atoms with Gasteiger partial charge in [0.15, 0.2) is 0 Å². The Morgan fingerprint density at radius 3 is 2.32 bits per heavy atom. The fourth-order valence-electron chi connectivity index (χ4n) is 2.58. The number of benzene rings is 1. The molecule has 0 amide bonds. The molecular formula is C16H21BN2O3. The Morgan fingerprint density at radius 2 is 1.73 bits per heavy atom. The molecule has 116 valence electrons. The number of rotatable bonds is 1. The first kappa shape index (κ1) is 15.2. The molecule has 0 atom stereocenters. The highest BCUT2D eigenvalue weighted by atomic mass is 16.7. The van der Waals surface area contributed by atoms with Crippen LogP contribution in [0.3, 0.4) is 0 Å². The van der Waals surface area contributed by atoms with E-state index in [0.717, 1.165) is 5.46 Å². The fraction of sp³-hybridized carbons (Fsp3) is 0.500. The van der Waals surface area contributed by atoms with E-state index in [1.165, 1.54) is 0 Å². The molecule has 1 aromatic heterocycles. The van der Waals surface area contributed by atoms with Gasteiger partial charge in [-0.05, 0) is 40.7 Å². The van der Waals surface area contributed by atoms with E-state index in [9.17, 15) is 4.79 Å². The van der Waals surface area contributed by atoms with E-state index in [0.29, 0.717) is 16.7 Å². The first-order chi connectivity index (χ1) is 10.1. The first-order valence-electron chi connectivity index (χ1n) is 7.46. The molecule has 0 spiro atoms. The second-order valence-corrected chi connectivity index (χ2v) is 6.85. The van der Waals surface area contributed by atoms with Gasteiger partial charge in [0.25, 0.3) is 5.56 Å². The average Bonchev–Trinajstić information content (AvgIpc) is 2.64. The third-order valence-corrected chi connectivity index (χ3v) is 4.87. The molecule has 0 radical (unpaired) electrons. The van der Waals surface area contributed by atoms with E-state index in [1.54, 1.807) is 17.7 Å². The number of hydrogen-bond acceptors (Lipinski definition) is 4. The smallest absolute Gasteiger partial charge is 0.399 e. The maximum atomic E-state index is 12.4. The molecule has 1 aliphatic heterocycles. The zero-order chi connectivity index (χ0) is 16.3. The Hall–Kier alpha value is -1.66. The number of aryl methyl sites for hydroxylation is 1. The van der Waals surface area contributed by atoms with Gasteiger partial charge in [0.2, 0.25) is 0 Å². The van der Waals surface area contributed by atoms with Crippen LogP contribution < -0.4 is 11.0 Å². The van der Waals surface area contributed by atoms with Gasteiger partial charge in [-0.2, -0.15) is 0 Å². The van der Waals surface area contributed by atoms with Gasteiger partial charge in [0.05, 0.1) is 22.1 Å². The molecule has 0 N–H and O–H groups in total. The summed E-state index contributed by atoms with van der Waals surface area (Å²) in [6, 6.07) is 5.55. The van der Waals surface area contributed by atoms with Gasteiger partial charge in [-0.1, -0.05) is 12.1 Å². The topological polar surface area (TPSA) is 53.4 Å². The van der Waals surface area contributed by atoms with Crippen LogP contribution in [0.2, 0.25) is 0 Å². The van der Waals surface area contributed by atoms with Gasteiger partial charge in [-0.25, -0.2) is 4.98 Å². The molecule has 1 saturated heterocycles. The van der Waals surface area contributed by atoms with Crippen LogP contribution >= 0.6 is 0 Å². The van der Waals surface area contributed by atoms with Crippen LogP contribution in [-0.2, 0) is 16.4 Å². The van der Waals surface area contributed by atoms with Crippen LogP contribution in [0.4, 0.5) is 0 Å². The lowest BCUT2D eigenvalue weighted by Crippen LogP contribution is -2.41. The summed E-state index contributed by atoms with van der Waals surface area (Å²) in [6.45, 7) is 9.86. The Kier molecular flexibility index (Phi) is 3.24. The Labute approximate surface area is 130 Å². The lowest BCUT2D eigenvalue weighted by molar-refractivity contribution is 0.00578. The SMILES string of the molecule is Cc1nc2c(B3OC(C)(C)C(C)(C)O3)cccc2c(=O)n1C. The highest BCUT2D eigenvalue weighted by Crippen LogP contribution is 2.36. The second kappa shape index (κ2) is 4.67. The minimum absolute atomic E-state index is 0.0548. The van der Waals surface area contributed by atoms with Crippen molar-refractivity contribution in [2.75, 3.05) is 0 Å². The van der Waals surface area contributed by atoms with Crippen LogP contribution in [-0.4, -0.2) is 27.9 Å². The van der Waals surface area contributed by atoms with Crippen LogP contribution in [0, 0.1) is 6.92 Å². The molecule has 1 aromatic carbocycles. The Morgan fingerprint density at radius 1 is 1.14 bits per heavy atom. The third-order valence-electron chi connectivity index (χ3n) is 4.87. The molecule has 3 rings (SSSR count). The predicted molar refractivity (Wildman–Crippen MR) is 87.4 cm³/mol. The standard InChI is InChI=1S/C16H21BN2O3/c1-10-18-13-11(14(20)19(10)6)8-7-9-12(13)17-21-15(2,3)16(4,5)22-17/h7-9H,1-6H3. The van der Waals surface area contributed by atoms with Crippen LogP contribution in [0.1, 0.15) is 33.5 Å². The average molecular weight is 300 g/mol. The summed E-state index contributed by atoms with van der Waals surface area (Å²) in [4.78, 5) is 17.0. The lowest BCUT2D eigenvalue weighted by Gasteiger charge is -2.32. The van der Waals surface area contributed by atoms with Crippen LogP contribution in [0.15, 0.2) is 23.0 Å². The molecule has 6 heteroatoms. The van der Waals surface area contributed by atoms with E-state index in [-0.39, 0.29) is 5.56 Å². The predicted octanol–water partition coefficient (Wildman–Crippen LogP) is 1.54. The van der Waals surface area contributed by atoms with Gasteiger partial charge in [-0.15, -0.1) is 0 Å². The van der Waals surface area contributed by atoms with Crippen molar-refractivity contribution >= 4 is 23.5 Å². The fourth-order valence-corrected chi connectivity index (χ4v) is 2.58.